The molecular weight excluding hydrogens is 384 g/mol. The molecule has 0 bridgehead atoms. The van der Waals surface area contributed by atoms with E-state index in [1.165, 1.54) is 24.2 Å². The Bertz CT molecular complexity index is 807. The fraction of sp³-hybridized carbons (Fsp3) is 0.500. The van der Waals surface area contributed by atoms with Gasteiger partial charge < -0.3 is 10.6 Å². The number of nitrogens with zero attached hydrogens (tertiary/aromatic N) is 2. The van der Waals surface area contributed by atoms with Gasteiger partial charge >= 0.3 is 0 Å². The van der Waals surface area contributed by atoms with E-state index in [-0.39, 0.29) is 17.9 Å². The summed E-state index contributed by atoms with van der Waals surface area (Å²) in [6, 6.07) is 9.90. The first-order chi connectivity index (χ1) is 14.2. The quantitative estimate of drug-likeness (QED) is 0.664. The highest BCUT2D eigenvalue weighted by atomic mass is 32.1. The zero-order valence-electron chi connectivity index (χ0n) is 16.5. The summed E-state index contributed by atoms with van der Waals surface area (Å²) in [6.45, 7) is 2.17. The first kappa shape index (κ1) is 20.0. The Morgan fingerprint density at radius 2 is 1.86 bits per heavy atom. The van der Waals surface area contributed by atoms with Crippen molar-refractivity contribution in [2.75, 3.05) is 13.1 Å². The van der Waals surface area contributed by atoms with E-state index in [0.29, 0.717) is 31.1 Å². The van der Waals surface area contributed by atoms with Crippen molar-refractivity contribution in [3.8, 4) is 0 Å². The predicted octanol–water partition coefficient (Wildman–Crippen LogP) is 2.82. The van der Waals surface area contributed by atoms with Crippen LogP contribution in [0.4, 0.5) is 0 Å². The van der Waals surface area contributed by atoms with Crippen LogP contribution in [-0.4, -0.2) is 46.9 Å². The van der Waals surface area contributed by atoms with Crippen LogP contribution in [0.25, 0.3) is 0 Å². The largest absolute Gasteiger partial charge is 0.350 e. The van der Waals surface area contributed by atoms with Crippen molar-refractivity contribution in [1.29, 1.82) is 0 Å². The topological polar surface area (TPSA) is 74.3 Å². The number of aromatic nitrogens is 1. The second-order valence-corrected chi connectivity index (χ2v) is 8.78. The van der Waals surface area contributed by atoms with E-state index in [4.69, 9.17) is 0 Å². The maximum atomic E-state index is 12.5. The third-order valence-corrected chi connectivity index (χ3v) is 6.48. The van der Waals surface area contributed by atoms with Crippen LogP contribution >= 0.6 is 11.3 Å². The van der Waals surface area contributed by atoms with Crippen LogP contribution in [0.1, 0.15) is 48.2 Å². The minimum atomic E-state index is -0.0265. The summed E-state index contributed by atoms with van der Waals surface area (Å²) < 4.78 is 0. The van der Waals surface area contributed by atoms with Crippen molar-refractivity contribution in [2.24, 2.45) is 5.92 Å². The number of rotatable bonds is 9. The molecule has 7 heteroatoms. The Morgan fingerprint density at radius 1 is 1.07 bits per heavy atom. The molecule has 1 saturated heterocycles. The molecular formula is C22H28N4O2S. The van der Waals surface area contributed by atoms with Crippen molar-refractivity contribution in [3.63, 3.8) is 0 Å². The summed E-state index contributed by atoms with van der Waals surface area (Å²) in [5.41, 5.74) is 3.38. The van der Waals surface area contributed by atoms with E-state index in [1.54, 1.807) is 5.51 Å². The molecule has 1 aliphatic heterocycles. The monoisotopic (exact) mass is 412 g/mol. The first-order valence-electron chi connectivity index (χ1n) is 10.4. The van der Waals surface area contributed by atoms with Gasteiger partial charge in [0.2, 0.25) is 5.91 Å². The van der Waals surface area contributed by atoms with Gasteiger partial charge in [-0.25, -0.2) is 4.98 Å². The molecule has 4 rings (SSSR count). The number of thiazole rings is 1. The SMILES string of the molecule is O=C(C[C@H]1CC[C@@H](CNC(=O)c2ccccc2)N1CC1CC1)NCc1cscn1. The molecule has 1 aliphatic carbocycles. The predicted molar refractivity (Wildman–Crippen MR) is 114 cm³/mol. The molecule has 1 aromatic carbocycles. The molecule has 2 aliphatic rings. The second-order valence-electron chi connectivity index (χ2n) is 8.06. The van der Waals surface area contributed by atoms with Gasteiger partial charge in [-0.3, -0.25) is 14.5 Å². The van der Waals surface area contributed by atoms with Crippen molar-refractivity contribution >= 4 is 23.2 Å². The number of hydrogen-bond acceptors (Lipinski definition) is 5. The first-order valence-corrected chi connectivity index (χ1v) is 11.4. The number of benzene rings is 1. The summed E-state index contributed by atoms with van der Waals surface area (Å²) in [5, 5.41) is 8.05. The van der Waals surface area contributed by atoms with Crippen LogP contribution < -0.4 is 10.6 Å². The lowest BCUT2D eigenvalue weighted by Gasteiger charge is -2.30. The molecule has 1 aromatic heterocycles. The van der Waals surface area contributed by atoms with Crippen LogP contribution in [0.15, 0.2) is 41.2 Å². The fourth-order valence-corrected chi connectivity index (χ4v) is 4.61. The molecule has 0 radical (unpaired) electrons. The Labute approximate surface area is 175 Å². The minimum Gasteiger partial charge on any atom is -0.350 e. The molecule has 2 N–H and O–H groups in total. The molecule has 0 spiro atoms. The average molecular weight is 413 g/mol. The Morgan fingerprint density at radius 3 is 2.59 bits per heavy atom. The Balaban J connectivity index is 1.30. The molecule has 2 fully saturated rings. The highest BCUT2D eigenvalue weighted by molar-refractivity contribution is 7.07. The highest BCUT2D eigenvalue weighted by Crippen LogP contribution is 2.35. The lowest BCUT2D eigenvalue weighted by atomic mass is 10.1. The Hall–Kier alpha value is -2.25. The van der Waals surface area contributed by atoms with Gasteiger partial charge in [-0.05, 0) is 43.7 Å². The van der Waals surface area contributed by atoms with Gasteiger partial charge in [0.15, 0.2) is 0 Å². The van der Waals surface area contributed by atoms with E-state index >= 15 is 0 Å². The number of hydrogen-bond donors (Lipinski definition) is 2. The van der Waals surface area contributed by atoms with Crippen LogP contribution in [0.2, 0.25) is 0 Å². The van der Waals surface area contributed by atoms with E-state index in [1.807, 2.05) is 35.7 Å². The number of amides is 2. The summed E-state index contributed by atoms with van der Waals surface area (Å²) in [6.07, 6.45) is 5.10. The van der Waals surface area contributed by atoms with E-state index in [2.05, 4.69) is 20.5 Å². The maximum absolute atomic E-state index is 12.5. The molecule has 6 nitrogen and oxygen atoms in total. The maximum Gasteiger partial charge on any atom is 0.251 e. The van der Waals surface area contributed by atoms with E-state index in [0.717, 1.165) is 31.0 Å². The van der Waals surface area contributed by atoms with Crippen molar-refractivity contribution < 1.29 is 9.59 Å². The molecule has 1 saturated carbocycles. The van der Waals surface area contributed by atoms with Gasteiger partial charge in [-0.1, -0.05) is 18.2 Å². The normalized spacial score (nSPS) is 21.8. The summed E-state index contributed by atoms with van der Waals surface area (Å²) in [4.78, 5) is 31.6. The smallest absolute Gasteiger partial charge is 0.251 e. The van der Waals surface area contributed by atoms with Crippen LogP contribution in [0.3, 0.4) is 0 Å². The minimum absolute atomic E-state index is 0.0265. The zero-order valence-corrected chi connectivity index (χ0v) is 17.4. The summed E-state index contributed by atoms with van der Waals surface area (Å²) in [5.74, 6) is 0.806. The molecule has 2 amide bonds. The molecule has 2 heterocycles. The number of carbonyl (C=O) groups is 2. The van der Waals surface area contributed by atoms with E-state index in [9.17, 15) is 9.59 Å². The van der Waals surface area contributed by atoms with E-state index < -0.39 is 0 Å². The van der Waals surface area contributed by atoms with Crippen LogP contribution in [-0.2, 0) is 11.3 Å². The lowest BCUT2D eigenvalue weighted by Crippen LogP contribution is -2.45. The molecule has 2 atom stereocenters. The van der Waals surface area contributed by atoms with Crippen LogP contribution in [0.5, 0.6) is 0 Å². The third kappa shape index (κ3) is 5.64. The van der Waals surface area contributed by atoms with Crippen molar-refractivity contribution in [1.82, 2.24) is 20.5 Å². The fourth-order valence-electron chi connectivity index (χ4n) is 4.05. The van der Waals surface area contributed by atoms with Crippen molar-refractivity contribution in [3.05, 3.63) is 52.5 Å². The van der Waals surface area contributed by atoms with Gasteiger partial charge in [-0.15, -0.1) is 11.3 Å². The highest BCUT2D eigenvalue weighted by Gasteiger charge is 2.38. The zero-order chi connectivity index (χ0) is 20.1. The molecule has 154 valence electrons. The van der Waals surface area contributed by atoms with Gasteiger partial charge in [0.25, 0.3) is 5.91 Å². The molecule has 2 aromatic rings. The van der Waals surface area contributed by atoms with Crippen LogP contribution in [0, 0.1) is 5.92 Å². The standard InChI is InChI=1S/C22H28N4O2S/c27-21(23-11-18-14-29-15-25-18)10-19-8-9-20(26(19)13-16-6-7-16)12-24-22(28)17-4-2-1-3-5-17/h1-5,14-16,19-20H,6-13H2,(H,23,27)(H,24,28)/t19-,20+/m1/s1. The van der Waals surface area contributed by atoms with Gasteiger partial charge in [0, 0.05) is 42.5 Å². The number of nitrogens with one attached hydrogen (secondary N) is 2. The Kier molecular flexibility index (Phi) is 6.56. The lowest BCUT2D eigenvalue weighted by molar-refractivity contribution is -0.122. The van der Waals surface area contributed by atoms with Gasteiger partial charge in [0.05, 0.1) is 17.7 Å². The summed E-state index contributed by atoms with van der Waals surface area (Å²) >= 11 is 1.54. The van der Waals surface area contributed by atoms with Crippen molar-refractivity contribution in [2.45, 2.75) is 50.7 Å². The number of carbonyl (C=O) groups excluding carboxylic acids is 2. The summed E-state index contributed by atoms with van der Waals surface area (Å²) in [7, 11) is 0. The molecule has 0 unspecified atom stereocenters. The average Bonchev–Trinajstić information content (AvgIpc) is 3.26. The number of likely N-dealkylation sites (tertiary alicyclic amines) is 1. The van der Waals surface area contributed by atoms with Gasteiger partial charge in [0.1, 0.15) is 0 Å². The third-order valence-electron chi connectivity index (χ3n) is 5.84. The van der Waals surface area contributed by atoms with Gasteiger partial charge in [-0.2, -0.15) is 0 Å². The second kappa shape index (κ2) is 9.50. The molecule has 29 heavy (non-hydrogen) atoms.